The van der Waals surface area contributed by atoms with Crippen molar-refractivity contribution in [2.45, 2.75) is 46.0 Å². The average molecular weight is 277 g/mol. The molecule has 0 saturated heterocycles. The Bertz CT molecular complexity index is 417. The van der Waals surface area contributed by atoms with Crippen molar-refractivity contribution < 1.29 is 9.53 Å². The lowest BCUT2D eigenvalue weighted by Crippen LogP contribution is -2.29. The second-order valence-corrected chi connectivity index (χ2v) is 5.19. The largest absolute Gasteiger partial charge is 0.494 e. The number of rotatable bonds is 8. The third kappa shape index (κ3) is 4.55. The molecule has 2 atom stereocenters. The maximum absolute atomic E-state index is 11.8. The van der Waals surface area contributed by atoms with Crippen molar-refractivity contribution in [1.82, 2.24) is 5.32 Å². The van der Waals surface area contributed by atoms with Crippen LogP contribution in [0.1, 0.15) is 51.5 Å². The van der Waals surface area contributed by atoms with Crippen molar-refractivity contribution in [1.29, 1.82) is 0 Å². The fourth-order valence-electron chi connectivity index (χ4n) is 2.46. The number of hydrogen-bond donors (Lipinski definition) is 1. The molecule has 0 unspecified atom stereocenters. The molecule has 0 radical (unpaired) electrons. The van der Waals surface area contributed by atoms with E-state index in [2.05, 4.69) is 31.3 Å². The minimum atomic E-state index is -0.0316. The summed E-state index contributed by atoms with van der Waals surface area (Å²) in [5, 5.41) is 2.74. The molecule has 1 aromatic carbocycles. The molecule has 1 rings (SSSR count). The zero-order valence-corrected chi connectivity index (χ0v) is 13.1. The van der Waals surface area contributed by atoms with E-state index in [-0.39, 0.29) is 17.7 Å². The molecule has 0 bridgehead atoms. The van der Waals surface area contributed by atoms with Crippen LogP contribution in [0.4, 0.5) is 0 Å². The topological polar surface area (TPSA) is 38.3 Å². The summed E-state index contributed by atoms with van der Waals surface area (Å²) < 4.78 is 5.75. The number of carbonyl (C=O) groups is 1. The molecule has 0 heterocycles. The molecule has 0 aliphatic rings. The molecule has 3 nitrogen and oxygen atoms in total. The van der Waals surface area contributed by atoms with Crippen LogP contribution in [0.2, 0.25) is 0 Å². The van der Waals surface area contributed by atoms with Gasteiger partial charge >= 0.3 is 0 Å². The first-order valence-corrected chi connectivity index (χ1v) is 7.58. The standard InChI is InChI=1S/C17H27NO2/c1-5-7-11-20-15-10-8-9-14(12-15)16(6-2)13(3)17(19)18-4/h8-10,12-13,16H,5-7,11H2,1-4H3,(H,18,19)/t13-,16-/m1/s1. The Labute approximate surface area is 122 Å². The minimum Gasteiger partial charge on any atom is -0.494 e. The van der Waals surface area contributed by atoms with E-state index in [1.54, 1.807) is 7.05 Å². The van der Waals surface area contributed by atoms with E-state index in [4.69, 9.17) is 4.74 Å². The smallest absolute Gasteiger partial charge is 0.223 e. The van der Waals surface area contributed by atoms with Crippen LogP contribution >= 0.6 is 0 Å². The summed E-state index contributed by atoms with van der Waals surface area (Å²) in [5.41, 5.74) is 1.18. The minimum absolute atomic E-state index is 0.0316. The van der Waals surface area contributed by atoms with Crippen molar-refractivity contribution in [2.75, 3.05) is 13.7 Å². The molecule has 1 amide bonds. The molecule has 1 N–H and O–H groups in total. The Kier molecular flexibility index (Phi) is 7.13. The van der Waals surface area contributed by atoms with Gasteiger partial charge in [-0.1, -0.05) is 39.3 Å². The third-order valence-corrected chi connectivity index (χ3v) is 3.76. The number of unbranched alkanes of at least 4 members (excludes halogenated alkanes) is 1. The quantitative estimate of drug-likeness (QED) is 0.735. The maximum Gasteiger partial charge on any atom is 0.223 e. The molecule has 3 heteroatoms. The van der Waals surface area contributed by atoms with Crippen LogP contribution in [0.5, 0.6) is 5.75 Å². The number of ether oxygens (including phenoxy) is 1. The summed E-state index contributed by atoms with van der Waals surface area (Å²) in [6.07, 6.45) is 3.13. The van der Waals surface area contributed by atoms with Crippen molar-refractivity contribution >= 4 is 5.91 Å². The normalized spacial score (nSPS) is 13.6. The first-order valence-electron chi connectivity index (χ1n) is 7.58. The molecule has 1 aromatic rings. The first-order chi connectivity index (χ1) is 9.63. The molecule has 20 heavy (non-hydrogen) atoms. The SMILES string of the molecule is CCCCOc1cccc([C@H](CC)[C@@H](C)C(=O)NC)c1. The maximum atomic E-state index is 11.8. The summed E-state index contributed by atoms with van der Waals surface area (Å²) in [4.78, 5) is 11.8. The number of carbonyl (C=O) groups excluding carboxylic acids is 1. The van der Waals surface area contributed by atoms with Crippen LogP contribution in [0.15, 0.2) is 24.3 Å². The predicted molar refractivity (Wildman–Crippen MR) is 83.1 cm³/mol. The third-order valence-electron chi connectivity index (χ3n) is 3.76. The van der Waals surface area contributed by atoms with E-state index >= 15 is 0 Å². The molecule has 0 aromatic heterocycles. The van der Waals surface area contributed by atoms with Gasteiger partial charge < -0.3 is 10.1 Å². The van der Waals surface area contributed by atoms with Crippen molar-refractivity contribution in [3.8, 4) is 5.75 Å². The number of amides is 1. The highest BCUT2D eigenvalue weighted by Gasteiger charge is 2.23. The van der Waals surface area contributed by atoms with Gasteiger partial charge in [-0.3, -0.25) is 4.79 Å². The lowest BCUT2D eigenvalue weighted by molar-refractivity contribution is -0.124. The summed E-state index contributed by atoms with van der Waals surface area (Å²) in [7, 11) is 1.69. The van der Waals surface area contributed by atoms with E-state index in [9.17, 15) is 4.79 Å². The number of benzene rings is 1. The Morgan fingerprint density at radius 3 is 2.70 bits per heavy atom. The Morgan fingerprint density at radius 1 is 1.35 bits per heavy atom. The van der Waals surface area contributed by atoms with Gasteiger partial charge in [0.05, 0.1) is 6.61 Å². The highest BCUT2D eigenvalue weighted by molar-refractivity contribution is 5.79. The Balaban J connectivity index is 2.82. The lowest BCUT2D eigenvalue weighted by atomic mass is 9.84. The second-order valence-electron chi connectivity index (χ2n) is 5.19. The molecule has 0 spiro atoms. The molecule has 0 fully saturated rings. The van der Waals surface area contributed by atoms with Crippen LogP contribution in [-0.4, -0.2) is 19.6 Å². The van der Waals surface area contributed by atoms with Gasteiger partial charge in [-0.05, 0) is 36.5 Å². The second kappa shape index (κ2) is 8.62. The van der Waals surface area contributed by atoms with E-state index < -0.39 is 0 Å². The monoisotopic (exact) mass is 277 g/mol. The van der Waals surface area contributed by atoms with Gasteiger partial charge in [-0.25, -0.2) is 0 Å². The molecule has 112 valence electrons. The van der Waals surface area contributed by atoms with Crippen LogP contribution in [0.3, 0.4) is 0 Å². The van der Waals surface area contributed by atoms with E-state index in [0.717, 1.165) is 31.6 Å². The van der Waals surface area contributed by atoms with Gasteiger partial charge in [-0.15, -0.1) is 0 Å². The highest BCUT2D eigenvalue weighted by atomic mass is 16.5. The van der Waals surface area contributed by atoms with Gasteiger partial charge in [0.1, 0.15) is 5.75 Å². The van der Waals surface area contributed by atoms with Crippen molar-refractivity contribution in [2.24, 2.45) is 5.92 Å². The van der Waals surface area contributed by atoms with Crippen LogP contribution in [0.25, 0.3) is 0 Å². The fourth-order valence-corrected chi connectivity index (χ4v) is 2.46. The van der Waals surface area contributed by atoms with Gasteiger partial charge in [-0.2, -0.15) is 0 Å². The predicted octanol–water partition coefficient (Wildman–Crippen LogP) is 3.74. The van der Waals surface area contributed by atoms with E-state index in [1.165, 1.54) is 5.56 Å². The fraction of sp³-hybridized carbons (Fsp3) is 0.588. The first kappa shape index (κ1) is 16.5. The Hall–Kier alpha value is -1.51. The summed E-state index contributed by atoms with van der Waals surface area (Å²) in [6.45, 7) is 7.01. The van der Waals surface area contributed by atoms with Crippen LogP contribution in [0, 0.1) is 5.92 Å². The zero-order chi connectivity index (χ0) is 15.0. The highest BCUT2D eigenvalue weighted by Crippen LogP contribution is 2.30. The van der Waals surface area contributed by atoms with Gasteiger partial charge in [0.2, 0.25) is 5.91 Å². The average Bonchev–Trinajstić information content (AvgIpc) is 2.48. The molecule has 0 aliphatic carbocycles. The lowest BCUT2D eigenvalue weighted by Gasteiger charge is -2.22. The summed E-state index contributed by atoms with van der Waals surface area (Å²) >= 11 is 0. The number of nitrogens with one attached hydrogen (secondary N) is 1. The van der Waals surface area contributed by atoms with Crippen molar-refractivity contribution in [3.05, 3.63) is 29.8 Å². The van der Waals surface area contributed by atoms with E-state index in [0.29, 0.717) is 0 Å². The summed E-state index contributed by atoms with van der Waals surface area (Å²) in [6, 6.07) is 8.15. The molecular weight excluding hydrogens is 250 g/mol. The van der Waals surface area contributed by atoms with E-state index in [1.807, 2.05) is 19.1 Å². The summed E-state index contributed by atoms with van der Waals surface area (Å²) in [5.74, 6) is 1.19. The molecule has 0 saturated carbocycles. The van der Waals surface area contributed by atoms with Crippen LogP contribution < -0.4 is 10.1 Å². The number of hydrogen-bond acceptors (Lipinski definition) is 2. The van der Waals surface area contributed by atoms with Gasteiger partial charge in [0, 0.05) is 13.0 Å². The Morgan fingerprint density at radius 2 is 2.10 bits per heavy atom. The molecular formula is C17H27NO2. The van der Waals surface area contributed by atoms with Gasteiger partial charge in [0.15, 0.2) is 0 Å². The van der Waals surface area contributed by atoms with Crippen molar-refractivity contribution in [3.63, 3.8) is 0 Å². The van der Waals surface area contributed by atoms with Crippen LogP contribution in [-0.2, 0) is 4.79 Å². The molecule has 0 aliphatic heterocycles. The van der Waals surface area contributed by atoms with Gasteiger partial charge in [0.25, 0.3) is 0 Å². The zero-order valence-electron chi connectivity index (χ0n) is 13.1.